The van der Waals surface area contributed by atoms with Crippen LogP contribution in [-0.4, -0.2) is 37.2 Å². The Morgan fingerprint density at radius 1 is 0.299 bits per heavy atom. The Kier molecular flexibility index (Phi) is 52.8. The Labute approximate surface area is 414 Å². The predicted molar refractivity (Wildman–Crippen MR) is 288 cm³/mol. The normalized spacial score (nSPS) is 12.6. The molecular formula is C61H106O6. The fourth-order valence-electron chi connectivity index (χ4n) is 7.88. The average Bonchev–Trinajstić information content (AvgIpc) is 3.33. The number of rotatable bonds is 51. The van der Waals surface area contributed by atoms with E-state index in [9.17, 15) is 14.4 Å². The maximum Gasteiger partial charge on any atom is 0.306 e. The molecule has 0 N–H and O–H groups in total. The van der Waals surface area contributed by atoms with Gasteiger partial charge in [-0.1, -0.05) is 241 Å². The van der Waals surface area contributed by atoms with Crippen LogP contribution in [0.2, 0.25) is 0 Å². The van der Waals surface area contributed by atoms with Crippen molar-refractivity contribution in [1.29, 1.82) is 0 Å². The van der Waals surface area contributed by atoms with Crippen LogP contribution in [0.3, 0.4) is 0 Å². The van der Waals surface area contributed by atoms with Crippen molar-refractivity contribution in [2.45, 2.75) is 284 Å². The van der Waals surface area contributed by atoms with Crippen LogP contribution < -0.4 is 0 Å². The standard InChI is InChI=1S/C61H106O6/c1-4-7-10-13-16-19-22-25-27-29-30-32-33-36-39-42-45-48-51-54-60(63)66-57-58(56-65-59(62)53-50-47-44-41-38-35-24-21-18-15-12-9-6-3)67-61(64)55-52-49-46-43-40-37-34-31-28-26-23-20-17-14-11-8-5-2/h16-17,19-20,25-28,34,37,43,46,58H,4-15,18,21-24,29-33,35-36,38-42,44-45,47-57H2,1-3H3/b19-16-,20-17-,27-25-,28-26-,37-34-,46-43-/t58-/m1/s1. The Hall–Kier alpha value is -3.15. The minimum atomic E-state index is -0.804. The van der Waals surface area contributed by atoms with E-state index in [4.69, 9.17) is 14.2 Å². The number of carbonyl (C=O) groups excluding carboxylic acids is 3. The van der Waals surface area contributed by atoms with E-state index >= 15 is 0 Å². The number of esters is 3. The smallest absolute Gasteiger partial charge is 0.306 e. The topological polar surface area (TPSA) is 78.9 Å². The molecule has 0 aliphatic rings. The molecule has 0 bridgehead atoms. The first-order valence-electron chi connectivity index (χ1n) is 28.4. The van der Waals surface area contributed by atoms with Crippen molar-refractivity contribution in [3.63, 3.8) is 0 Å². The quantitative estimate of drug-likeness (QED) is 0.0262. The van der Waals surface area contributed by atoms with Crippen LogP contribution in [0.4, 0.5) is 0 Å². The van der Waals surface area contributed by atoms with Crippen molar-refractivity contribution in [3.05, 3.63) is 72.9 Å². The molecule has 0 aliphatic heterocycles. The maximum absolute atomic E-state index is 12.8. The van der Waals surface area contributed by atoms with Gasteiger partial charge in [0.25, 0.3) is 0 Å². The van der Waals surface area contributed by atoms with E-state index in [1.165, 1.54) is 161 Å². The summed E-state index contributed by atoms with van der Waals surface area (Å²) in [5, 5.41) is 0. The first kappa shape index (κ1) is 63.8. The largest absolute Gasteiger partial charge is 0.462 e. The number of hydrogen-bond donors (Lipinski definition) is 0. The van der Waals surface area contributed by atoms with Gasteiger partial charge in [0.05, 0.1) is 0 Å². The van der Waals surface area contributed by atoms with E-state index in [-0.39, 0.29) is 37.5 Å². The summed E-state index contributed by atoms with van der Waals surface area (Å²) >= 11 is 0. The summed E-state index contributed by atoms with van der Waals surface area (Å²) in [6.07, 6.45) is 70.3. The van der Waals surface area contributed by atoms with Gasteiger partial charge in [-0.25, -0.2) is 0 Å². The summed E-state index contributed by atoms with van der Waals surface area (Å²) in [4.78, 5) is 38.1. The van der Waals surface area contributed by atoms with Crippen molar-refractivity contribution in [2.75, 3.05) is 13.2 Å². The molecular weight excluding hydrogens is 829 g/mol. The number of carbonyl (C=O) groups is 3. The van der Waals surface area contributed by atoms with E-state index in [1.54, 1.807) is 0 Å². The Morgan fingerprint density at radius 2 is 0.552 bits per heavy atom. The zero-order valence-electron chi connectivity index (χ0n) is 44.2. The second-order valence-electron chi connectivity index (χ2n) is 18.8. The van der Waals surface area contributed by atoms with Crippen molar-refractivity contribution in [2.24, 2.45) is 0 Å². The number of allylic oxidation sites excluding steroid dienone is 12. The third-order valence-electron chi connectivity index (χ3n) is 12.2. The van der Waals surface area contributed by atoms with Gasteiger partial charge < -0.3 is 14.2 Å². The molecule has 0 saturated carbocycles. The molecule has 0 saturated heterocycles. The summed E-state index contributed by atoms with van der Waals surface area (Å²) in [6, 6.07) is 0. The van der Waals surface area contributed by atoms with Crippen LogP contribution in [0, 0.1) is 0 Å². The molecule has 0 spiro atoms. The molecule has 0 fully saturated rings. The highest BCUT2D eigenvalue weighted by Crippen LogP contribution is 2.15. The van der Waals surface area contributed by atoms with Crippen molar-refractivity contribution in [1.82, 2.24) is 0 Å². The summed E-state index contributed by atoms with van der Waals surface area (Å²) in [6.45, 7) is 6.55. The van der Waals surface area contributed by atoms with Gasteiger partial charge in [-0.2, -0.15) is 0 Å². The lowest BCUT2D eigenvalue weighted by molar-refractivity contribution is -0.167. The van der Waals surface area contributed by atoms with E-state index in [0.29, 0.717) is 19.3 Å². The first-order chi connectivity index (χ1) is 33.0. The van der Waals surface area contributed by atoms with Gasteiger partial charge in [0, 0.05) is 19.3 Å². The van der Waals surface area contributed by atoms with E-state index in [1.807, 2.05) is 0 Å². The van der Waals surface area contributed by atoms with Crippen LogP contribution in [0.25, 0.3) is 0 Å². The molecule has 386 valence electrons. The third kappa shape index (κ3) is 53.7. The van der Waals surface area contributed by atoms with Gasteiger partial charge in [0.1, 0.15) is 13.2 Å². The summed E-state index contributed by atoms with van der Waals surface area (Å²) < 4.78 is 16.8. The van der Waals surface area contributed by atoms with Crippen molar-refractivity contribution in [3.8, 4) is 0 Å². The summed E-state index contributed by atoms with van der Waals surface area (Å²) in [7, 11) is 0. The van der Waals surface area contributed by atoms with Gasteiger partial charge in [-0.05, 0) is 89.9 Å². The monoisotopic (exact) mass is 935 g/mol. The number of hydrogen-bond acceptors (Lipinski definition) is 6. The molecule has 0 aliphatic carbocycles. The lowest BCUT2D eigenvalue weighted by Gasteiger charge is -2.18. The lowest BCUT2D eigenvalue weighted by atomic mass is 10.0. The molecule has 6 heteroatoms. The minimum Gasteiger partial charge on any atom is -0.462 e. The SMILES string of the molecule is CCCCC/C=C\C/C=C\C/C=C\C/C=C\CCCC(=O)O[C@@H](COC(=O)CCCCCCCCCCC/C=C\C/C=C\CCCCC)COC(=O)CCCCCCCCCCCCCCC. The summed E-state index contributed by atoms with van der Waals surface area (Å²) in [5.41, 5.74) is 0. The zero-order valence-corrected chi connectivity index (χ0v) is 44.2. The Morgan fingerprint density at radius 3 is 0.910 bits per heavy atom. The molecule has 0 aromatic carbocycles. The molecule has 0 heterocycles. The highest BCUT2D eigenvalue weighted by Gasteiger charge is 2.19. The van der Waals surface area contributed by atoms with Crippen LogP contribution in [-0.2, 0) is 28.6 Å². The van der Waals surface area contributed by atoms with Gasteiger partial charge in [0.2, 0.25) is 0 Å². The molecule has 6 nitrogen and oxygen atoms in total. The predicted octanol–water partition coefficient (Wildman–Crippen LogP) is 19.0. The highest BCUT2D eigenvalue weighted by atomic mass is 16.6. The third-order valence-corrected chi connectivity index (χ3v) is 12.2. The molecule has 0 aromatic heterocycles. The van der Waals surface area contributed by atoms with Gasteiger partial charge in [0.15, 0.2) is 6.10 Å². The lowest BCUT2D eigenvalue weighted by Crippen LogP contribution is -2.30. The van der Waals surface area contributed by atoms with Gasteiger partial charge in [-0.3, -0.25) is 14.4 Å². The summed E-state index contributed by atoms with van der Waals surface area (Å²) in [5.74, 6) is -0.949. The fourth-order valence-corrected chi connectivity index (χ4v) is 7.88. The fraction of sp³-hybridized carbons (Fsp3) is 0.754. The second-order valence-corrected chi connectivity index (χ2v) is 18.8. The average molecular weight is 936 g/mol. The van der Waals surface area contributed by atoms with Gasteiger partial charge in [-0.15, -0.1) is 0 Å². The molecule has 0 aromatic rings. The number of ether oxygens (including phenoxy) is 3. The minimum absolute atomic E-state index is 0.0962. The number of unbranched alkanes of at least 4 members (excludes halogenated alkanes) is 28. The zero-order chi connectivity index (χ0) is 48.6. The maximum atomic E-state index is 12.8. The Bertz CT molecular complexity index is 1260. The first-order valence-corrected chi connectivity index (χ1v) is 28.4. The van der Waals surface area contributed by atoms with E-state index in [2.05, 4.69) is 93.7 Å². The van der Waals surface area contributed by atoms with E-state index in [0.717, 1.165) is 70.6 Å². The highest BCUT2D eigenvalue weighted by molar-refractivity contribution is 5.71. The molecule has 67 heavy (non-hydrogen) atoms. The Balaban J connectivity index is 4.44. The molecule has 0 rings (SSSR count). The molecule has 0 amide bonds. The van der Waals surface area contributed by atoms with Crippen molar-refractivity contribution >= 4 is 17.9 Å². The molecule has 0 unspecified atom stereocenters. The van der Waals surface area contributed by atoms with Crippen molar-refractivity contribution < 1.29 is 28.6 Å². The van der Waals surface area contributed by atoms with Crippen LogP contribution in [0.5, 0.6) is 0 Å². The molecule has 0 radical (unpaired) electrons. The van der Waals surface area contributed by atoms with Gasteiger partial charge >= 0.3 is 17.9 Å². The van der Waals surface area contributed by atoms with Crippen LogP contribution in [0.15, 0.2) is 72.9 Å². The van der Waals surface area contributed by atoms with Crippen LogP contribution in [0.1, 0.15) is 278 Å². The van der Waals surface area contributed by atoms with E-state index < -0.39 is 6.10 Å². The second kappa shape index (κ2) is 55.4. The molecule has 1 atom stereocenters. The van der Waals surface area contributed by atoms with Crippen LogP contribution >= 0.6 is 0 Å².